The summed E-state index contributed by atoms with van der Waals surface area (Å²) >= 11 is 1.53. The second kappa shape index (κ2) is 15.2. The predicted molar refractivity (Wildman–Crippen MR) is 172 cm³/mol. The van der Waals surface area contributed by atoms with Crippen molar-refractivity contribution in [2.24, 2.45) is 0 Å². The molecule has 5 rings (SSSR count). The van der Waals surface area contributed by atoms with Gasteiger partial charge in [0, 0.05) is 24.0 Å². The Balaban J connectivity index is 1.42. The maximum atomic E-state index is 14.3. The highest BCUT2D eigenvalue weighted by molar-refractivity contribution is 7.10. The molecule has 2 aliphatic heterocycles. The first-order chi connectivity index (χ1) is 21.9. The van der Waals surface area contributed by atoms with E-state index in [0.717, 1.165) is 21.8 Å². The average molecular weight is 630 g/mol. The molecule has 10 nitrogen and oxygen atoms in total. The number of carbonyl (C=O) groups is 3. The highest BCUT2D eigenvalue weighted by Crippen LogP contribution is 2.43. The molecule has 1 aromatic heterocycles. The summed E-state index contributed by atoms with van der Waals surface area (Å²) in [6, 6.07) is 17.9. The number of likely N-dealkylation sites (N-methyl/N-ethyl adjacent to an activating group) is 1. The van der Waals surface area contributed by atoms with Gasteiger partial charge in [-0.25, -0.2) is 9.78 Å². The summed E-state index contributed by atoms with van der Waals surface area (Å²) in [6.45, 7) is 4.62. The number of likely N-dealkylation sites (tertiary alicyclic amines) is 2. The second-order valence-electron chi connectivity index (χ2n) is 11.1. The summed E-state index contributed by atoms with van der Waals surface area (Å²) < 4.78 is 11.6. The van der Waals surface area contributed by atoms with E-state index in [9.17, 15) is 14.4 Å². The van der Waals surface area contributed by atoms with Crippen molar-refractivity contribution in [3.05, 3.63) is 76.6 Å². The second-order valence-corrected chi connectivity index (χ2v) is 12.0. The van der Waals surface area contributed by atoms with E-state index < -0.39 is 18.2 Å². The van der Waals surface area contributed by atoms with Gasteiger partial charge in [0.25, 0.3) is 0 Å². The van der Waals surface area contributed by atoms with E-state index in [4.69, 9.17) is 14.5 Å². The van der Waals surface area contributed by atoms with E-state index in [0.29, 0.717) is 19.5 Å². The Hall–Kier alpha value is -4.24. The normalized spacial score (nSPS) is 20.1. The zero-order valence-corrected chi connectivity index (χ0v) is 26.6. The van der Waals surface area contributed by atoms with E-state index in [1.807, 2.05) is 66.0 Å². The van der Waals surface area contributed by atoms with Gasteiger partial charge in [-0.2, -0.15) is 0 Å². The molecular weight excluding hydrogens is 590 g/mol. The molecule has 0 radical (unpaired) electrons. The summed E-state index contributed by atoms with van der Waals surface area (Å²) in [5, 5.41) is 8.56. The fourth-order valence-electron chi connectivity index (χ4n) is 6.06. The third kappa shape index (κ3) is 7.53. The molecule has 2 aliphatic rings. The van der Waals surface area contributed by atoms with Crippen LogP contribution in [-0.2, 0) is 25.7 Å². The smallest absolute Gasteiger partial charge is 0.410 e. The maximum Gasteiger partial charge on any atom is 0.410 e. The largest absolute Gasteiger partial charge is 0.445 e. The molecule has 2 N–H and O–H groups in total. The summed E-state index contributed by atoms with van der Waals surface area (Å²) in [4.78, 5) is 49.1. The number of hydrogen-bond acceptors (Lipinski definition) is 8. The molecule has 11 heteroatoms. The summed E-state index contributed by atoms with van der Waals surface area (Å²) in [5.41, 5.74) is 2.75. The van der Waals surface area contributed by atoms with Gasteiger partial charge in [-0.1, -0.05) is 66.6 Å². The Morgan fingerprint density at radius 1 is 1.09 bits per heavy atom. The van der Waals surface area contributed by atoms with Crippen LogP contribution in [0.1, 0.15) is 36.8 Å². The Labute approximate surface area is 268 Å². The zero-order chi connectivity index (χ0) is 31.8. The molecule has 0 bridgehead atoms. The van der Waals surface area contributed by atoms with Crippen LogP contribution in [-0.4, -0.2) is 90.2 Å². The SMILES string of the molecule is CC#CCOC(C)C(NC(=O)CNC)C(=O)N1CCC2C1C(c1nc(-c3ccccc3)cs1)CN2C(=O)OCc1ccccc1. The first-order valence-corrected chi connectivity index (χ1v) is 16.0. The van der Waals surface area contributed by atoms with Crippen molar-refractivity contribution in [2.75, 3.05) is 33.3 Å². The van der Waals surface area contributed by atoms with Crippen LogP contribution >= 0.6 is 11.3 Å². The molecule has 5 atom stereocenters. The topological polar surface area (TPSA) is 113 Å². The molecule has 3 amide bonds. The van der Waals surface area contributed by atoms with Gasteiger partial charge in [0.1, 0.15) is 24.3 Å². The molecule has 0 spiro atoms. The number of rotatable bonds is 11. The summed E-state index contributed by atoms with van der Waals surface area (Å²) in [6.07, 6.45) is -0.466. The van der Waals surface area contributed by atoms with Crippen LogP contribution < -0.4 is 10.6 Å². The van der Waals surface area contributed by atoms with Crippen LogP contribution in [0.2, 0.25) is 0 Å². The van der Waals surface area contributed by atoms with Gasteiger partial charge in [-0.15, -0.1) is 17.3 Å². The van der Waals surface area contributed by atoms with Crippen LogP contribution in [0.15, 0.2) is 66.0 Å². The number of thiazole rings is 1. The van der Waals surface area contributed by atoms with Crippen molar-refractivity contribution in [1.29, 1.82) is 0 Å². The van der Waals surface area contributed by atoms with Gasteiger partial charge in [0.05, 0.1) is 36.3 Å². The van der Waals surface area contributed by atoms with Crippen LogP contribution in [0, 0.1) is 11.8 Å². The van der Waals surface area contributed by atoms with Crippen molar-refractivity contribution in [3.63, 3.8) is 0 Å². The third-order valence-electron chi connectivity index (χ3n) is 8.24. The van der Waals surface area contributed by atoms with E-state index >= 15 is 0 Å². The zero-order valence-electron chi connectivity index (χ0n) is 25.8. The van der Waals surface area contributed by atoms with Gasteiger partial charge in [-0.05, 0) is 32.9 Å². The lowest BCUT2D eigenvalue weighted by molar-refractivity contribution is -0.141. The lowest BCUT2D eigenvalue weighted by Gasteiger charge is -2.33. The molecular formula is C34H39N5O5S. The number of hydrogen-bond donors (Lipinski definition) is 2. The third-order valence-corrected chi connectivity index (χ3v) is 9.22. The van der Waals surface area contributed by atoms with Gasteiger partial charge in [-0.3, -0.25) is 9.59 Å². The van der Waals surface area contributed by atoms with Crippen molar-refractivity contribution in [1.82, 2.24) is 25.4 Å². The highest BCUT2D eigenvalue weighted by Gasteiger charge is 2.54. The predicted octanol–water partition coefficient (Wildman–Crippen LogP) is 3.65. The molecule has 3 heterocycles. The van der Waals surface area contributed by atoms with Gasteiger partial charge < -0.3 is 29.9 Å². The van der Waals surface area contributed by atoms with Gasteiger partial charge in [0.2, 0.25) is 11.8 Å². The maximum absolute atomic E-state index is 14.3. The molecule has 2 saturated heterocycles. The highest BCUT2D eigenvalue weighted by atomic mass is 32.1. The number of carbonyl (C=O) groups excluding carboxylic acids is 3. The van der Waals surface area contributed by atoms with E-state index in [1.54, 1.807) is 30.7 Å². The number of fused-ring (bicyclic) bond motifs is 1. The number of benzene rings is 2. The average Bonchev–Trinajstić information content (AvgIpc) is 3.80. The fraction of sp³-hybridized carbons (Fsp3) is 0.412. The molecule has 2 aromatic carbocycles. The molecule has 0 aliphatic carbocycles. The lowest BCUT2D eigenvalue weighted by Crippen LogP contribution is -2.57. The van der Waals surface area contributed by atoms with Crippen LogP contribution in [0.5, 0.6) is 0 Å². The molecule has 45 heavy (non-hydrogen) atoms. The number of nitrogens with one attached hydrogen (secondary N) is 2. The van der Waals surface area contributed by atoms with E-state index in [2.05, 4.69) is 22.5 Å². The number of aromatic nitrogens is 1. The van der Waals surface area contributed by atoms with E-state index in [1.165, 1.54) is 11.3 Å². The molecule has 236 valence electrons. The van der Waals surface area contributed by atoms with Crippen LogP contribution in [0.25, 0.3) is 11.3 Å². The minimum Gasteiger partial charge on any atom is -0.445 e. The quantitative estimate of drug-likeness (QED) is 0.312. The van der Waals surface area contributed by atoms with Crippen molar-refractivity contribution < 1.29 is 23.9 Å². The minimum absolute atomic E-state index is 0.0579. The number of ether oxygens (including phenoxy) is 2. The first-order valence-electron chi connectivity index (χ1n) is 15.1. The van der Waals surface area contributed by atoms with Crippen molar-refractivity contribution in [2.45, 2.75) is 57.0 Å². The fourth-order valence-corrected chi connectivity index (χ4v) is 7.02. The molecule has 0 saturated carbocycles. The van der Waals surface area contributed by atoms with Crippen LogP contribution in [0.4, 0.5) is 4.79 Å². The standard InChI is InChI=1S/C34H39N5O5S/c1-4-5-18-43-23(2)30(37-29(40)19-35-3)33(41)38-17-16-28-31(38)26(32-36-27(22-45-32)25-14-10-7-11-15-25)20-39(28)34(42)44-21-24-12-8-6-9-13-24/h6-15,22-23,26,28,30-31,35H,16-21H2,1-3H3,(H,37,40). The first kappa shape index (κ1) is 32.2. The number of nitrogens with zero attached hydrogens (tertiary/aromatic N) is 3. The Morgan fingerprint density at radius 3 is 2.53 bits per heavy atom. The summed E-state index contributed by atoms with van der Waals surface area (Å²) in [7, 11) is 1.67. The van der Waals surface area contributed by atoms with Crippen molar-refractivity contribution in [3.8, 4) is 23.1 Å². The van der Waals surface area contributed by atoms with Crippen molar-refractivity contribution >= 4 is 29.2 Å². The molecule has 2 fully saturated rings. The number of amides is 3. The Bertz CT molecular complexity index is 1520. The Morgan fingerprint density at radius 2 is 1.82 bits per heavy atom. The minimum atomic E-state index is -0.931. The van der Waals surface area contributed by atoms with E-state index in [-0.39, 0.29) is 49.6 Å². The van der Waals surface area contributed by atoms with Crippen LogP contribution in [0.3, 0.4) is 0 Å². The van der Waals surface area contributed by atoms with Gasteiger partial charge in [0.15, 0.2) is 0 Å². The van der Waals surface area contributed by atoms with Gasteiger partial charge >= 0.3 is 6.09 Å². The monoisotopic (exact) mass is 629 g/mol. The Kier molecular flexibility index (Phi) is 10.8. The lowest BCUT2D eigenvalue weighted by atomic mass is 9.99. The molecule has 5 unspecified atom stereocenters. The molecule has 3 aromatic rings. The summed E-state index contributed by atoms with van der Waals surface area (Å²) in [5.74, 6) is 4.84.